The lowest BCUT2D eigenvalue weighted by atomic mass is 10.00. The number of furan rings is 1. The van der Waals surface area contributed by atoms with Crippen molar-refractivity contribution in [3.05, 3.63) is 34.7 Å². The van der Waals surface area contributed by atoms with Gasteiger partial charge in [0.15, 0.2) is 0 Å². The predicted molar refractivity (Wildman–Crippen MR) is 87.3 cm³/mol. The highest BCUT2D eigenvalue weighted by atomic mass is 19.4. The van der Waals surface area contributed by atoms with E-state index < -0.39 is 12.1 Å². The van der Waals surface area contributed by atoms with E-state index in [-0.39, 0.29) is 13.1 Å². The van der Waals surface area contributed by atoms with Crippen LogP contribution in [-0.4, -0.2) is 28.1 Å². The van der Waals surface area contributed by atoms with Crippen LogP contribution in [0.4, 0.5) is 13.2 Å². The van der Waals surface area contributed by atoms with Crippen molar-refractivity contribution in [2.24, 2.45) is 7.05 Å². The molecular weight excluding hydrogens is 333 g/mol. The molecule has 7 heteroatoms. The van der Waals surface area contributed by atoms with E-state index in [2.05, 4.69) is 0 Å². The van der Waals surface area contributed by atoms with Gasteiger partial charge in [-0.15, -0.1) is 0 Å². The van der Waals surface area contributed by atoms with Crippen LogP contribution in [0.5, 0.6) is 0 Å². The number of fused-ring (bicyclic) bond motifs is 5. The van der Waals surface area contributed by atoms with Gasteiger partial charge in [-0.3, -0.25) is 4.79 Å². The van der Waals surface area contributed by atoms with Crippen LogP contribution >= 0.6 is 0 Å². The fraction of sp³-hybridized carbons (Fsp3) is 0.389. The number of aryl methyl sites for hydroxylation is 3. The molecule has 0 atom stereocenters. The fourth-order valence-corrected chi connectivity index (χ4v) is 3.88. The van der Waals surface area contributed by atoms with Gasteiger partial charge in [0.05, 0.1) is 0 Å². The maximum absolute atomic E-state index is 12.8. The molecule has 0 radical (unpaired) electrons. The summed E-state index contributed by atoms with van der Waals surface area (Å²) in [5.41, 5.74) is 4.41. The summed E-state index contributed by atoms with van der Waals surface area (Å²) in [6.07, 6.45) is -4.45. The maximum Gasteiger partial charge on any atom is 0.471 e. The van der Waals surface area contributed by atoms with Crippen LogP contribution in [0.15, 0.2) is 16.5 Å². The Morgan fingerprint density at radius 1 is 1.20 bits per heavy atom. The Hall–Kier alpha value is -2.44. The Morgan fingerprint density at radius 2 is 1.92 bits per heavy atom. The van der Waals surface area contributed by atoms with Crippen molar-refractivity contribution >= 4 is 27.8 Å². The topological polar surface area (TPSA) is 38.4 Å². The largest absolute Gasteiger partial charge is 0.471 e. The molecule has 0 aliphatic carbocycles. The highest BCUT2D eigenvalue weighted by Gasteiger charge is 2.43. The minimum atomic E-state index is -4.85. The monoisotopic (exact) mass is 350 g/mol. The number of alkyl halides is 3. The third kappa shape index (κ3) is 2.18. The molecule has 2 aromatic heterocycles. The highest BCUT2D eigenvalue weighted by molar-refractivity contribution is 6.09. The van der Waals surface area contributed by atoms with E-state index in [0.717, 1.165) is 49.4 Å². The predicted octanol–water partition coefficient (Wildman–Crippen LogP) is 3.99. The number of carbonyl (C=O) groups is 1. The molecule has 0 saturated carbocycles. The zero-order valence-corrected chi connectivity index (χ0v) is 14.1. The zero-order chi connectivity index (χ0) is 18.1. The van der Waals surface area contributed by atoms with Crippen molar-refractivity contribution in [3.63, 3.8) is 0 Å². The average molecular weight is 350 g/mol. The van der Waals surface area contributed by atoms with Gasteiger partial charge in [-0.1, -0.05) is 0 Å². The van der Waals surface area contributed by atoms with Gasteiger partial charge in [-0.05, 0) is 31.5 Å². The summed E-state index contributed by atoms with van der Waals surface area (Å²) in [5, 5.41) is 1.82. The molecule has 4 rings (SSSR count). The van der Waals surface area contributed by atoms with Gasteiger partial charge in [-0.2, -0.15) is 13.2 Å². The van der Waals surface area contributed by atoms with Crippen molar-refractivity contribution in [2.75, 3.05) is 6.54 Å². The lowest BCUT2D eigenvalue weighted by molar-refractivity contribution is -0.186. The lowest BCUT2D eigenvalue weighted by Crippen LogP contribution is -2.43. The molecule has 0 N–H and O–H groups in total. The Morgan fingerprint density at radius 3 is 2.60 bits per heavy atom. The molecule has 0 unspecified atom stereocenters. The van der Waals surface area contributed by atoms with E-state index in [1.807, 2.05) is 37.6 Å². The van der Waals surface area contributed by atoms with Gasteiger partial charge in [0.1, 0.15) is 11.3 Å². The maximum atomic E-state index is 12.8. The summed E-state index contributed by atoms with van der Waals surface area (Å²) in [6, 6.07) is 3.82. The number of rotatable bonds is 0. The number of hydrogen-bond acceptors (Lipinski definition) is 2. The molecule has 3 heterocycles. The van der Waals surface area contributed by atoms with E-state index in [1.54, 1.807) is 0 Å². The fourth-order valence-electron chi connectivity index (χ4n) is 3.88. The van der Waals surface area contributed by atoms with Crippen LogP contribution in [-0.2, 0) is 24.8 Å². The number of benzene rings is 1. The second-order valence-corrected chi connectivity index (χ2v) is 6.57. The smallest absolute Gasteiger partial charge is 0.461 e. The van der Waals surface area contributed by atoms with Gasteiger partial charge in [-0.25, -0.2) is 0 Å². The van der Waals surface area contributed by atoms with Gasteiger partial charge >= 0.3 is 12.1 Å². The average Bonchev–Trinajstić information content (AvgIpc) is 3.01. The minimum absolute atomic E-state index is 0.0339. The molecule has 25 heavy (non-hydrogen) atoms. The Labute approximate surface area is 141 Å². The Balaban J connectivity index is 1.96. The molecule has 0 bridgehead atoms. The first-order valence-corrected chi connectivity index (χ1v) is 8.05. The van der Waals surface area contributed by atoms with Gasteiger partial charge in [0.25, 0.3) is 0 Å². The lowest BCUT2D eigenvalue weighted by Gasteiger charge is -2.28. The molecule has 0 spiro atoms. The standard InChI is InChI=1S/C18H17F3N2O2/c1-9-10(2)25-14-5-4-13-16(15(9)14)11-8-23(17(24)18(19,20)21)7-6-12(11)22(13)3/h4-5H,6-8H2,1-3H3. The number of carbonyl (C=O) groups excluding carboxylic acids is 1. The number of halogens is 3. The van der Waals surface area contributed by atoms with Crippen LogP contribution in [0.2, 0.25) is 0 Å². The molecule has 4 nitrogen and oxygen atoms in total. The van der Waals surface area contributed by atoms with Gasteiger partial charge in [0, 0.05) is 54.1 Å². The van der Waals surface area contributed by atoms with E-state index in [4.69, 9.17) is 4.42 Å². The molecule has 0 saturated heterocycles. The van der Waals surface area contributed by atoms with E-state index in [9.17, 15) is 18.0 Å². The number of aromatic nitrogens is 1. The van der Waals surface area contributed by atoms with E-state index >= 15 is 0 Å². The summed E-state index contributed by atoms with van der Waals surface area (Å²) >= 11 is 0. The molecule has 1 aromatic carbocycles. The molecule has 132 valence electrons. The summed E-state index contributed by atoms with van der Waals surface area (Å²) in [6.45, 7) is 3.85. The molecule has 1 aliphatic heterocycles. The third-order valence-electron chi connectivity index (χ3n) is 5.22. The first-order valence-electron chi connectivity index (χ1n) is 8.05. The number of hydrogen-bond donors (Lipinski definition) is 0. The summed E-state index contributed by atoms with van der Waals surface area (Å²) in [4.78, 5) is 12.6. The molecule has 1 aliphatic rings. The number of nitrogens with zero attached hydrogens (tertiary/aromatic N) is 2. The normalized spacial score (nSPS) is 15.2. The van der Waals surface area contributed by atoms with Crippen LogP contribution in [0, 0.1) is 13.8 Å². The first-order chi connectivity index (χ1) is 11.7. The highest BCUT2D eigenvalue weighted by Crippen LogP contribution is 2.39. The van der Waals surface area contributed by atoms with Crippen molar-refractivity contribution in [3.8, 4) is 0 Å². The third-order valence-corrected chi connectivity index (χ3v) is 5.22. The Bertz CT molecular complexity index is 1030. The zero-order valence-electron chi connectivity index (χ0n) is 14.1. The number of amides is 1. The van der Waals surface area contributed by atoms with E-state index in [1.165, 1.54) is 0 Å². The molecule has 3 aromatic rings. The van der Waals surface area contributed by atoms with Crippen LogP contribution < -0.4 is 0 Å². The summed E-state index contributed by atoms with van der Waals surface area (Å²) in [7, 11) is 1.91. The second-order valence-electron chi connectivity index (χ2n) is 6.57. The minimum Gasteiger partial charge on any atom is -0.461 e. The van der Waals surface area contributed by atoms with Crippen molar-refractivity contribution in [1.29, 1.82) is 0 Å². The summed E-state index contributed by atoms with van der Waals surface area (Å²) < 4.78 is 46.3. The quantitative estimate of drug-likeness (QED) is 0.615. The van der Waals surface area contributed by atoms with Crippen LogP contribution in [0.1, 0.15) is 22.6 Å². The molecular formula is C18H17F3N2O2. The van der Waals surface area contributed by atoms with Gasteiger partial charge < -0.3 is 13.9 Å². The van der Waals surface area contributed by atoms with E-state index in [0.29, 0.717) is 6.42 Å². The van der Waals surface area contributed by atoms with Crippen LogP contribution in [0.25, 0.3) is 21.9 Å². The first kappa shape index (κ1) is 16.1. The molecule has 0 fully saturated rings. The van der Waals surface area contributed by atoms with Gasteiger partial charge in [0.2, 0.25) is 0 Å². The van der Waals surface area contributed by atoms with Crippen molar-refractivity contribution in [2.45, 2.75) is 33.0 Å². The second kappa shape index (κ2) is 5.03. The van der Waals surface area contributed by atoms with Crippen LogP contribution in [0.3, 0.4) is 0 Å². The summed E-state index contributed by atoms with van der Waals surface area (Å²) in [5.74, 6) is -0.985. The van der Waals surface area contributed by atoms with Crippen molar-refractivity contribution < 1.29 is 22.4 Å². The SMILES string of the molecule is Cc1oc2ccc3c(c4c(n3C)CCN(C(=O)C(F)(F)F)C4)c2c1C. The van der Waals surface area contributed by atoms with Crippen molar-refractivity contribution in [1.82, 2.24) is 9.47 Å². The Kier molecular flexibility index (Phi) is 3.23. The molecule has 1 amide bonds.